The van der Waals surface area contributed by atoms with Crippen molar-refractivity contribution in [3.05, 3.63) is 44.2 Å². The molecule has 128 valence electrons. The topological polar surface area (TPSA) is 99.3 Å². The maximum absolute atomic E-state index is 12.5. The molecule has 2 aromatic rings. The Bertz CT molecular complexity index is 803. The molecule has 24 heavy (non-hydrogen) atoms. The van der Waals surface area contributed by atoms with Crippen molar-refractivity contribution < 1.29 is 14.5 Å². The second-order valence-corrected chi connectivity index (χ2v) is 6.06. The van der Waals surface area contributed by atoms with Crippen LogP contribution in [0.3, 0.4) is 0 Å². The number of methoxy groups -OCH3 is 1. The molecule has 1 aromatic heterocycles. The maximum atomic E-state index is 12.5. The molecule has 2 rings (SSSR count). The number of hydrogen-bond acceptors (Lipinski definition) is 5. The van der Waals surface area contributed by atoms with Crippen LogP contribution in [-0.2, 0) is 4.79 Å². The first-order valence-corrected chi connectivity index (χ1v) is 7.89. The maximum Gasteiger partial charge on any atom is 0.275 e. The number of aryl methyl sites for hydroxylation is 1. The molecule has 0 aliphatic rings. The zero-order chi connectivity index (χ0) is 18.0. The lowest BCUT2D eigenvalue weighted by Gasteiger charge is -2.15. The molecular weight excluding hydrogens is 380 g/mol. The predicted octanol–water partition coefficient (Wildman–Crippen LogP) is 3.38. The third-order valence-corrected chi connectivity index (χ3v) is 4.74. The van der Waals surface area contributed by atoms with E-state index in [1.807, 2.05) is 13.8 Å². The van der Waals surface area contributed by atoms with E-state index in [0.717, 1.165) is 15.9 Å². The van der Waals surface area contributed by atoms with Crippen LogP contribution in [0.5, 0.6) is 5.75 Å². The van der Waals surface area contributed by atoms with Crippen LogP contribution in [0, 0.1) is 24.0 Å². The molecule has 1 atom stereocenters. The summed E-state index contributed by atoms with van der Waals surface area (Å²) in [5.41, 5.74) is 1.74. The zero-order valence-corrected chi connectivity index (χ0v) is 15.2. The standard InChI is InChI=1S/C15H17BrN4O4/c1-8-14(16)9(2)19(18-8)10(3)15(21)17-11-5-12(20(22)23)7-13(6-11)24-4/h5-7,10H,1-4H3,(H,17,21). The summed E-state index contributed by atoms with van der Waals surface area (Å²) in [4.78, 5) is 22.9. The molecule has 1 amide bonds. The number of benzene rings is 1. The molecule has 1 unspecified atom stereocenters. The Morgan fingerprint density at radius 2 is 2.08 bits per heavy atom. The van der Waals surface area contributed by atoms with Crippen LogP contribution in [0.4, 0.5) is 11.4 Å². The van der Waals surface area contributed by atoms with E-state index in [4.69, 9.17) is 4.74 Å². The van der Waals surface area contributed by atoms with Gasteiger partial charge in [0.2, 0.25) is 5.91 Å². The first kappa shape index (κ1) is 17.9. The minimum Gasteiger partial charge on any atom is -0.496 e. The molecule has 0 aliphatic heterocycles. The largest absolute Gasteiger partial charge is 0.496 e. The second-order valence-electron chi connectivity index (χ2n) is 5.27. The summed E-state index contributed by atoms with van der Waals surface area (Å²) in [7, 11) is 1.40. The van der Waals surface area contributed by atoms with Gasteiger partial charge < -0.3 is 10.1 Å². The lowest BCUT2D eigenvalue weighted by molar-refractivity contribution is -0.384. The summed E-state index contributed by atoms with van der Waals surface area (Å²) in [5.74, 6) is -0.0448. The molecule has 8 nitrogen and oxygen atoms in total. The number of amides is 1. The number of nitrogens with zero attached hydrogens (tertiary/aromatic N) is 3. The van der Waals surface area contributed by atoms with Gasteiger partial charge in [0.05, 0.1) is 39.6 Å². The molecular formula is C15H17BrN4O4. The third kappa shape index (κ3) is 3.56. The number of anilines is 1. The van der Waals surface area contributed by atoms with E-state index in [1.165, 1.54) is 25.3 Å². The number of carbonyl (C=O) groups is 1. The van der Waals surface area contributed by atoms with Gasteiger partial charge >= 0.3 is 0 Å². The Morgan fingerprint density at radius 3 is 2.58 bits per heavy atom. The normalized spacial score (nSPS) is 11.9. The van der Waals surface area contributed by atoms with Crippen molar-refractivity contribution >= 4 is 33.2 Å². The number of aromatic nitrogens is 2. The summed E-state index contributed by atoms with van der Waals surface area (Å²) in [6.45, 7) is 5.39. The fourth-order valence-corrected chi connectivity index (χ4v) is 2.52. The monoisotopic (exact) mass is 396 g/mol. The third-order valence-electron chi connectivity index (χ3n) is 3.59. The van der Waals surface area contributed by atoms with E-state index in [0.29, 0.717) is 11.4 Å². The molecule has 0 saturated carbocycles. The van der Waals surface area contributed by atoms with E-state index in [1.54, 1.807) is 11.6 Å². The van der Waals surface area contributed by atoms with Crippen LogP contribution in [0.25, 0.3) is 0 Å². The quantitative estimate of drug-likeness (QED) is 0.616. The molecule has 1 heterocycles. The average molecular weight is 397 g/mol. The molecule has 1 N–H and O–H groups in total. The summed E-state index contributed by atoms with van der Waals surface area (Å²) in [6.07, 6.45) is 0. The smallest absolute Gasteiger partial charge is 0.275 e. The van der Waals surface area contributed by atoms with Crippen LogP contribution >= 0.6 is 15.9 Å². The summed E-state index contributed by atoms with van der Waals surface area (Å²) in [6, 6.07) is 3.51. The number of nitro groups is 1. The van der Waals surface area contributed by atoms with Crippen LogP contribution in [-0.4, -0.2) is 27.7 Å². The highest BCUT2D eigenvalue weighted by atomic mass is 79.9. The first-order valence-electron chi connectivity index (χ1n) is 7.10. The molecule has 9 heteroatoms. The van der Waals surface area contributed by atoms with Crippen LogP contribution in [0.1, 0.15) is 24.4 Å². The van der Waals surface area contributed by atoms with Gasteiger partial charge in [-0.3, -0.25) is 19.6 Å². The van der Waals surface area contributed by atoms with Gasteiger partial charge in [-0.1, -0.05) is 0 Å². The number of ether oxygens (including phenoxy) is 1. The zero-order valence-electron chi connectivity index (χ0n) is 13.7. The van der Waals surface area contributed by atoms with Crippen LogP contribution in [0.15, 0.2) is 22.7 Å². The van der Waals surface area contributed by atoms with Crippen LogP contribution < -0.4 is 10.1 Å². The Morgan fingerprint density at radius 1 is 1.42 bits per heavy atom. The van der Waals surface area contributed by atoms with E-state index < -0.39 is 11.0 Å². The van der Waals surface area contributed by atoms with Gasteiger partial charge in [0.1, 0.15) is 11.8 Å². The minimum absolute atomic E-state index is 0.161. The summed E-state index contributed by atoms with van der Waals surface area (Å²) < 4.78 is 7.48. The Balaban J connectivity index is 2.27. The Labute approximate surface area is 147 Å². The van der Waals surface area contributed by atoms with Gasteiger partial charge in [-0.2, -0.15) is 5.10 Å². The average Bonchev–Trinajstić information content (AvgIpc) is 2.81. The van der Waals surface area contributed by atoms with E-state index in [2.05, 4.69) is 26.3 Å². The van der Waals surface area contributed by atoms with Gasteiger partial charge in [0, 0.05) is 12.1 Å². The summed E-state index contributed by atoms with van der Waals surface area (Å²) in [5, 5.41) is 18.0. The van der Waals surface area contributed by atoms with E-state index >= 15 is 0 Å². The van der Waals surface area contributed by atoms with Crippen molar-refractivity contribution in [2.45, 2.75) is 26.8 Å². The molecule has 1 aromatic carbocycles. The second kappa shape index (κ2) is 7.00. The van der Waals surface area contributed by atoms with Crippen molar-refractivity contribution in [1.82, 2.24) is 9.78 Å². The summed E-state index contributed by atoms with van der Waals surface area (Å²) >= 11 is 3.42. The Hall–Kier alpha value is -2.42. The van der Waals surface area contributed by atoms with Crippen molar-refractivity contribution in [3.63, 3.8) is 0 Å². The molecule has 0 bridgehead atoms. The number of nitro benzene ring substituents is 1. The number of nitrogens with one attached hydrogen (secondary N) is 1. The first-order chi connectivity index (χ1) is 11.2. The number of halogens is 1. The Kier molecular flexibility index (Phi) is 5.23. The fourth-order valence-electron chi connectivity index (χ4n) is 2.26. The van der Waals surface area contributed by atoms with Crippen molar-refractivity contribution in [3.8, 4) is 5.75 Å². The van der Waals surface area contributed by atoms with Gasteiger partial charge in [-0.15, -0.1) is 0 Å². The lowest BCUT2D eigenvalue weighted by atomic mass is 10.2. The molecule has 0 spiro atoms. The molecule has 0 aliphatic carbocycles. The van der Waals surface area contributed by atoms with Crippen LogP contribution in [0.2, 0.25) is 0 Å². The van der Waals surface area contributed by atoms with Crippen molar-refractivity contribution in [2.24, 2.45) is 0 Å². The SMILES string of the molecule is COc1cc(NC(=O)C(C)n2nc(C)c(Br)c2C)cc([N+](=O)[O-])c1. The number of carbonyl (C=O) groups excluding carboxylic acids is 1. The van der Waals surface area contributed by atoms with E-state index in [-0.39, 0.29) is 11.6 Å². The number of hydrogen-bond donors (Lipinski definition) is 1. The van der Waals surface area contributed by atoms with Gasteiger partial charge in [0.15, 0.2) is 0 Å². The fraction of sp³-hybridized carbons (Fsp3) is 0.333. The molecule has 0 fully saturated rings. The minimum atomic E-state index is -0.583. The van der Waals surface area contributed by atoms with Gasteiger partial charge in [0.25, 0.3) is 5.69 Å². The van der Waals surface area contributed by atoms with E-state index in [9.17, 15) is 14.9 Å². The molecule has 0 saturated heterocycles. The van der Waals surface area contributed by atoms with Gasteiger partial charge in [-0.25, -0.2) is 0 Å². The molecule has 0 radical (unpaired) electrons. The van der Waals surface area contributed by atoms with Gasteiger partial charge in [-0.05, 0) is 36.7 Å². The highest BCUT2D eigenvalue weighted by molar-refractivity contribution is 9.10. The highest BCUT2D eigenvalue weighted by Crippen LogP contribution is 2.27. The number of rotatable bonds is 5. The lowest BCUT2D eigenvalue weighted by Crippen LogP contribution is -2.25. The highest BCUT2D eigenvalue weighted by Gasteiger charge is 2.21. The predicted molar refractivity (Wildman–Crippen MR) is 92.4 cm³/mol. The van der Waals surface area contributed by atoms with Crippen molar-refractivity contribution in [1.29, 1.82) is 0 Å². The van der Waals surface area contributed by atoms with Crippen molar-refractivity contribution in [2.75, 3.05) is 12.4 Å². The number of non-ortho nitro benzene ring substituents is 1.